The maximum Gasteiger partial charge on any atom is 0.228 e. The third kappa shape index (κ3) is 4.64. The molecule has 4 nitrogen and oxygen atoms in total. The van der Waals surface area contributed by atoms with Gasteiger partial charge < -0.3 is 15.0 Å². The van der Waals surface area contributed by atoms with Gasteiger partial charge in [0.1, 0.15) is 0 Å². The van der Waals surface area contributed by atoms with Crippen molar-refractivity contribution in [2.75, 3.05) is 26.2 Å². The van der Waals surface area contributed by atoms with Gasteiger partial charge in [-0.25, -0.2) is 0 Å². The van der Waals surface area contributed by atoms with Gasteiger partial charge in [0.15, 0.2) is 0 Å². The molecule has 4 heteroatoms. The van der Waals surface area contributed by atoms with Crippen LogP contribution in [-0.2, 0) is 9.53 Å². The second-order valence-electron chi connectivity index (χ2n) is 6.06. The lowest BCUT2D eigenvalue weighted by atomic mass is 9.94. The molecule has 0 spiro atoms. The van der Waals surface area contributed by atoms with Crippen molar-refractivity contribution in [1.29, 1.82) is 0 Å². The minimum atomic E-state index is -0.298. The van der Waals surface area contributed by atoms with Gasteiger partial charge in [-0.1, -0.05) is 34.6 Å². The summed E-state index contributed by atoms with van der Waals surface area (Å²) in [5.74, 6) is 0.218. The maximum absolute atomic E-state index is 12.2. The summed E-state index contributed by atoms with van der Waals surface area (Å²) < 4.78 is 5.67. The Morgan fingerprint density at radius 2 is 2.12 bits per heavy atom. The van der Waals surface area contributed by atoms with E-state index in [9.17, 15) is 4.79 Å². The zero-order valence-electron chi connectivity index (χ0n) is 11.7. The van der Waals surface area contributed by atoms with E-state index in [2.05, 4.69) is 19.2 Å². The number of hydrogen-bond donors (Lipinski definition) is 1. The molecule has 1 unspecified atom stereocenters. The van der Waals surface area contributed by atoms with Gasteiger partial charge in [0.2, 0.25) is 5.91 Å². The van der Waals surface area contributed by atoms with Crippen LogP contribution in [0.2, 0.25) is 0 Å². The molecule has 0 bridgehead atoms. The molecule has 100 valence electrons. The maximum atomic E-state index is 12.2. The zero-order valence-corrected chi connectivity index (χ0v) is 11.7. The first kappa shape index (κ1) is 14.5. The molecule has 0 aromatic carbocycles. The Kier molecular flexibility index (Phi) is 4.95. The third-order valence-electron chi connectivity index (χ3n) is 2.82. The Hall–Kier alpha value is -0.610. The lowest BCUT2D eigenvalue weighted by Crippen LogP contribution is -2.52. The highest BCUT2D eigenvalue weighted by atomic mass is 16.5. The fourth-order valence-corrected chi connectivity index (χ4v) is 1.87. The lowest BCUT2D eigenvalue weighted by molar-refractivity contribution is -0.146. The summed E-state index contributed by atoms with van der Waals surface area (Å²) in [6.07, 6.45) is 0.123. The van der Waals surface area contributed by atoms with Gasteiger partial charge in [0, 0.05) is 31.1 Å². The Bertz CT molecular complexity index is 259. The molecule has 0 aromatic heterocycles. The number of carbonyl (C=O) groups is 1. The molecule has 1 amide bonds. The molecule has 1 aliphatic heterocycles. The second kappa shape index (κ2) is 5.83. The van der Waals surface area contributed by atoms with Crippen LogP contribution in [0.5, 0.6) is 0 Å². The molecular formula is C13H26N2O2. The van der Waals surface area contributed by atoms with Crippen LogP contribution in [0.3, 0.4) is 0 Å². The normalized spacial score (nSPS) is 22.0. The van der Waals surface area contributed by atoms with Crippen LogP contribution in [0.25, 0.3) is 0 Å². The summed E-state index contributed by atoms with van der Waals surface area (Å²) in [4.78, 5) is 14.1. The van der Waals surface area contributed by atoms with Crippen LogP contribution in [0.1, 0.15) is 34.6 Å². The summed E-state index contributed by atoms with van der Waals surface area (Å²) >= 11 is 0. The van der Waals surface area contributed by atoms with Crippen molar-refractivity contribution in [2.24, 2.45) is 5.41 Å². The van der Waals surface area contributed by atoms with Crippen LogP contribution in [-0.4, -0.2) is 49.2 Å². The quantitative estimate of drug-likeness (QED) is 0.810. The van der Waals surface area contributed by atoms with Gasteiger partial charge in [-0.3, -0.25) is 4.79 Å². The molecule has 1 atom stereocenters. The monoisotopic (exact) mass is 242 g/mol. The predicted octanol–water partition coefficient (Wildman–Crippen LogP) is 1.26. The SMILES string of the molecule is CC(C)NCC1CN(C(=O)C(C)(C)C)CCO1. The molecule has 0 aromatic rings. The predicted molar refractivity (Wildman–Crippen MR) is 68.9 cm³/mol. The van der Waals surface area contributed by atoms with Gasteiger partial charge in [0.25, 0.3) is 0 Å². The van der Waals surface area contributed by atoms with Crippen LogP contribution >= 0.6 is 0 Å². The van der Waals surface area contributed by atoms with Crippen molar-refractivity contribution >= 4 is 5.91 Å². The summed E-state index contributed by atoms with van der Waals surface area (Å²) in [6, 6.07) is 0.451. The Labute approximate surface area is 105 Å². The number of ether oxygens (including phenoxy) is 1. The number of amides is 1. The molecule has 1 saturated heterocycles. The summed E-state index contributed by atoms with van der Waals surface area (Å²) in [6.45, 7) is 13.0. The Morgan fingerprint density at radius 1 is 1.47 bits per heavy atom. The van der Waals surface area contributed by atoms with E-state index in [4.69, 9.17) is 4.74 Å². The van der Waals surface area contributed by atoms with Gasteiger partial charge >= 0.3 is 0 Å². The van der Waals surface area contributed by atoms with E-state index < -0.39 is 0 Å². The highest BCUT2D eigenvalue weighted by molar-refractivity contribution is 5.81. The average Bonchev–Trinajstić information content (AvgIpc) is 2.24. The summed E-state index contributed by atoms with van der Waals surface area (Å²) in [5.41, 5.74) is -0.298. The fourth-order valence-electron chi connectivity index (χ4n) is 1.87. The molecule has 0 aliphatic carbocycles. The van der Waals surface area contributed by atoms with Crippen LogP contribution in [0.4, 0.5) is 0 Å². The van der Waals surface area contributed by atoms with E-state index in [1.165, 1.54) is 0 Å². The Morgan fingerprint density at radius 3 is 2.65 bits per heavy atom. The third-order valence-corrected chi connectivity index (χ3v) is 2.82. The van der Waals surface area contributed by atoms with Gasteiger partial charge in [-0.15, -0.1) is 0 Å². The van der Waals surface area contributed by atoms with Crippen LogP contribution in [0, 0.1) is 5.41 Å². The minimum Gasteiger partial charge on any atom is -0.373 e. The standard InChI is InChI=1S/C13H26N2O2/c1-10(2)14-8-11-9-15(6-7-17-11)12(16)13(3,4)5/h10-11,14H,6-9H2,1-5H3. The molecule has 0 radical (unpaired) electrons. The minimum absolute atomic E-state index is 0.123. The molecular weight excluding hydrogens is 216 g/mol. The summed E-state index contributed by atoms with van der Waals surface area (Å²) in [7, 11) is 0. The summed E-state index contributed by atoms with van der Waals surface area (Å²) in [5, 5.41) is 3.35. The zero-order chi connectivity index (χ0) is 13.1. The fraction of sp³-hybridized carbons (Fsp3) is 0.923. The molecule has 1 rings (SSSR count). The van der Waals surface area contributed by atoms with E-state index in [-0.39, 0.29) is 17.4 Å². The van der Waals surface area contributed by atoms with Crippen molar-refractivity contribution in [1.82, 2.24) is 10.2 Å². The number of rotatable bonds is 3. The smallest absolute Gasteiger partial charge is 0.228 e. The largest absolute Gasteiger partial charge is 0.373 e. The number of nitrogens with zero attached hydrogens (tertiary/aromatic N) is 1. The number of hydrogen-bond acceptors (Lipinski definition) is 3. The molecule has 1 fully saturated rings. The van der Waals surface area contributed by atoms with E-state index in [0.717, 1.165) is 6.54 Å². The van der Waals surface area contributed by atoms with Crippen molar-refractivity contribution in [3.8, 4) is 0 Å². The van der Waals surface area contributed by atoms with Crippen molar-refractivity contribution in [3.05, 3.63) is 0 Å². The van der Waals surface area contributed by atoms with Crippen LogP contribution in [0.15, 0.2) is 0 Å². The number of nitrogens with one attached hydrogen (secondary N) is 1. The molecule has 1 heterocycles. The highest BCUT2D eigenvalue weighted by Gasteiger charge is 2.31. The molecule has 0 saturated carbocycles. The first-order valence-corrected chi connectivity index (χ1v) is 6.45. The van der Waals surface area contributed by atoms with E-state index in [0.29, 0.717) is 25.7 Å². The molecule has 1 aliphatic rings. The highest BCUT2D eigenvalue weighted by Crippen LogP contribution is 2.19. The Balaban J connectivity index is 2.46. The molecule has 1 N–H and O–H groups in total. The van der Waals surface area contributed by atoms with E-state index in [1.807, 2.05) is 25.7 Å². The van der Waals surface area contributed by atoms with E-state index >= 15 is 0 Å². The van der Waals surface area contributed by atoms with Crippen molar-refractivity contribution in [2.45, 2.75) is 46.8 Å². The average molecular weight is 242 g/mol. The van der Waals surface area contributed by atoms with Gasteiger partial charge in [-0.2, -0.15) is 0 Å². The lowest BCUT2D eigenvalue weighted by Gasteiger charge is -2.36. The first-order chi connectivity index (χ1) is 7.80. The van der Waals surface area contributed by atoms with E-state index in [1.54, 1.807) is 0 Å². The molecule has 17 heavy (non-hydrogen) atoms. The van der Waals surface area contributed by atoms with Crippen molar-refractivity contribution in [3.63, 3.8) is 0 Å². The second-order valence-corrected chi connectivity index (χ2v) is 6.06. The number of morpholine rings is 1. The van der Waals surface area contributed by atoms with Gasteiger partial charge in [-0.05, 0) is 0 Å². The first-order valence-electron chi connectivity index (χ1n) is 6.45. The topological polar surface area (TPSA) is 41.6 Å². The van der Waals surface area contributed by atoms with Crippen molar-refractivity contribution < 1.29 is 9.53 Å². The number of carbonyl (C=O) groups excluding carboxylic acids is 1. The van der Waals surface area contributed by atoms with Gasteiger partial charge in [0.05, 0.1) is 12.7 Å². The van der Waals surface area contributed by atoms with Crippen LogP contribution < -0.4 is 5.32 Å².